The number of aldehydes is 1. The van der Waals surface area contributed by atoms with E-state index in [9.17, 15) is 9.90 Å². The smallest absolute Gasteiger partial charge is 0.220 e. The Kier molecular flexibility index (Phi) is 5.30. The third-order valence-electron chi connectivity index (χ3n) is 4.05. The Morgan fingerprint density at radius 1 is 1.32 bits per heavy atom. The van der Waals surface area contributed by atoms with Gasteiger partial charge in [-0.1, -0.05) is 6.07 Å². The Morgan fingerprint density at radius 3 is 3.00 bits per heavy atom. The Morgan fingerprint density at radius 2 is 2.20 bits per heavy atom. The normalized spacial score (nSPS) is 14.3. The van der Waals surface area contributed by atoms with Gasteiger partial charge < -0.3 is 19.3 Å². The number of ether oxygens (including phenoxy) is 3. The van der Waals surface area contributed by atoms with Crippen LogP contribution in [0.5, 0.6) is 17.4 Å². The number of pyridine rings is 1. The second-order valence-corrected chi connectivity index (χ2v) is 5.54. The molecule has 2 heterocycles. The summed E-state index contributed by atoms with van der Waals surface area (Å²) in [7, 11) is 1.59. The fraction of sp³-hybridized carbons (Fsp3) is 0.263. The van der Waals surface area contributed by atoms with Crippen LogP contribution in [0.25, 0.3) is 5.57 Å². The zero-order valence-corrected chi connectivity index (χ0v) is 13.9. The average molecular weight is 341 g/mol. The van der Waals surface area contributed by atoms with Crippen LogP contribution in [0, 0.1) is 0 Å². The summed E-state index contributed by atoms with van der Waals surface area (Å²) in [5.41, 5.74) is 3.08. The number of rotatable bonds is 6. The minimum absolute atomic E-state index is 0.101. The van der Waals surface area contributed by atoms with Crippen LogP contribution < -0.4 is 9.47 Å². The Labute approximate surface area is 145 Å². The van der Waals surface area contributed by atoms with Gasteiger partial charge in [0.05, 0.1) is 25.9 Å². The van der Waals surface area contributed by atoms with Gasteiger partial charge in [0.2, 0.25) is 5.88 Å². The molecule has 0 amide bonds. The topological polar surface area (TPSA) is 77.9 Å². The van der Waals surface area contributed by atoms with Gasteiger partial charge in [-0.25, -0.2) is 4.98 Å². The fourth-order valence-electron chi connectivity index (χ4n) is 2.81. The summed E-state index contributed by atoms with van der Waals surface area (Å²) >= 11 is 0. The molecule has 0 fully saturated rings. The van der Waals surface area contributed by atoms with Crippen molar-refractivity contribution in [2.75, 3.05) is 26.9 Å². The number of nitrogens with zero attached hydrogens (tertiary/aromatic N) is 1. The summed E-state index contributed by atoms with van der Waals surface area (Å²) in [6.07, 6.45) is 2.99. The van der Waals surface area contributed by atoms with Gasteiger partial charge in [-0.15, -0.1) is 0 Å². The predicted octanol–water partition coefficient (Wildman–Crippen LogP) is 2.86. The summed E-state index contributed by atoms with van der Waals surface area (Å²) in [6.45, 7) is 1.29. The lowest BCUT2D eigenvalue weighted by Crippen LogP contribution is -2.17. The van der Waals surface area contributed by atoms with Crippen molar-refractivity contribution < 1.29 is 24.1 Å². The highest BCUT2D eigenvalue weighted by molar-refractivity contribution is 5.83. The molecule has 0 aliphatic carbocycles. The molecule has 0 spiro atoms. The van der Waals surface area contributed by atoms with E-state index < -0.39 is 0 Å². The molecule has 0 bridgehead atoms. The summed E-state index contributed by atoms with van der Waals surface area (Å²) in [5.74, 6) is 0.795. The minimum Gasteiger partial charge on any atom is -0.507 e. The number of phenols is 1. The molecule has 6 nitrogen and oxygen atoms in total. The zero-order valence-electron chi connectivity index (χ0n) is 13.9. The maximum atomic E-state index is 11.2. The number of carbonyl (C=O) groups excluding carboxylic acids is 1. The molecule has 2 aromatic rings. The lowest BCUT2D eigenvalue weighted by Gasteiger charge is -2.22. The molecule has 1 aliphatic rings. The molecule has 0 atom stereocenters. The van der Waals surface area contributed by atoms with Gasteiger partial charge in [0.25, 0.3) is 0 Å². The van der Waals surface area contributed by atoms with E-state index in [0.717, 1.165) is 23.1 Å². The SMILES string of the molecule is COc1ncccc1C1=C(COc2cccc(O)c2C=O)COCC1. The standard InChI is InChI=1S/C19H19NO5/c1-23-19-15(4-3-8-20-19)14-7-9-24-11-13(14)12-25-18-6-2-5-17(22)16(18)10-21/h2-6,8,10,22H,7,9,11-12H2,1H3. The van der Waals surface area contributed by atoms with Crippen LogP contribution in [0.15, 0.2) is 42.1 Å². The van der Waals surface area contributed by atoms with Crippen molar-refractivity contribution in [3.63, 3.8) is 0 Å². The maximum absolute atomic E-state index is 11.2. The largest absolute Gasteiger partial charge is 0.507 e. The van der Waals surface area contributed by atoms with Crippen LogP contribution in [0.3, 0.4) is 0 Å². The molecule has 130 valence electrons. The lowest BCUT2D eigenvalue weighted by atomic mass is 9.97. The van der Waals surface area contributed by atoms with Crippen LogP contribution in [-0.2, 0) is 4.74 Å². The van der Waals surface area contributed by atoms with Crippen molar-refractivity contribution in [3.8, 4) is 17.4 Å². The molecule has 0 saturated carbocycles. The van der Waals surface area contributed by atoms with Gasteiger partial charge in [0.1, 0.15) is 18.1 Å². The Balaban J connectivity index is 1.90. The molecule has 1 aromatic carbocycles. The van der Waals surface area contributed by atoms with E-state index in [0.29, 0.717) is 31.1 Å². The second kappa shape index (κ2) is 7.81. The molecule has 0 unspecified atom stereocenters. The molecule has 1 aliphatic heterocycles. The Hall–Kier alpha value is -2.86. The van der Waals surface area contributed by atoms with Gasteiger partial charge in [0.15, 0.2) is 6.29 Å². The summed E-state index contributed by atoms with van der Waals surface area (Å²) in [4.78, 5) is 15.4. The average Bonchev–Trinajstić information content (AvgIpc) is 2.66. The van der Waals surface area contributed by atoms with Crippen molar-refractivity contribution in [2.24, 2.45) is 0 Å². The third kappa shape index (κ3) is 3.64. The first-order chi connectivity index (χ1) is 12.2. The monoisotopic (exact) mass is 341 g/mol. The highest BCUT2D eigenvalue weighted by atomic mass is 16.5. The predicted molar refractivity (Wildman–Crippen MR) is 92.1 cm³/mol. The van der Waals surface area contributed by atoms with Crippen LogP contribution >= 0.6 is 0 Å². The zero-order chi connectivity index (χ0) is 17.6. The van der Waals surface area contributed by atoms with E-state index in [1.54, 1.807) is 25.4 Å². The first kappa shape index (κ1) is 17.0. The molecule has 0 radical (unpaired) electrons. The third-order valence-corrected chi connectivity index (χ3v) is 4.05. The number of aromatic hydroxyl groups is 1. The lowest BCUT2D eigenvalue weighted by molar-refractivity contribution is 0.111. The van der Waals surface area contributed by atoms with Gasteiger partial charge in [-0.3, -0.25) is 4.79 Å². The van der Waals surface area contributed by atoms with Crippen molar-refractivity contribution in [2.45, 2.75) is 6.42 Å². The molecule has 1 N–H and O–H groups in total. The number of benzene rings is 1. The molecule has 25 heavy (non-hydrogen) atoms. The number of carbonyl (C=O) groups is 1. The van der Waals surface area contributed by atoms with E-state index in [-0.39, 0.29) is 17.9 Å². The number of phenolic OH excluding ortho intramolecular Hbond substituents is 1. The summed E-state index contributed by atoms with van der Waals surface area (Å²) < 4.78 is 16.7. The quantitative estimate of drug-likeness (QED) is 0.814. The minimum atomic E-state index is -0.101. The summed E-state index contributed by atoms with van der Waals surface area (Å²) in [5, 5.41) is 9.75. The second-order valence-electron chi connectivity index (χ2n) is 5.54. The van der Waals surface area contributed by atoms with E-state index in [4.69, 9.17) is 14.2 Å². The molecular formula is C19H19NO5. The van der Waals surface area contributed by atoms with Gasteiger partial charge >= 0.3 is 0 Å². The molecule has 0 saturated heterocycles. The van der Waals surface area contributed by atoms with E-state index in [2.05, 4.69) is 4.98 Å². The first-order valence-electron chi connectivity index (χ1n) is 7.92. The van der Waals surface area contributed by atoms with Crippen molar-refractivity contribution >= 4 is 11.9 Å². The number of hydrogen-bond acceptors (Lipinski definition) is 6. The maximum Gasteiger partial charge on any atom is 0.220 e. The number of methoxy groups -OCH3 is 1. The molecule has 1 aromatic heterocycles. The van der Waals surface area contributed by atoms with Crippen molar-refractivity contribution in [1.29, 1.82) is 0 Å². The highest BCUT2D eigenvalue weighted by Crippen LogP contribution is 2.32. The highest BCUT2D eigenvalue weighted by Gasteiger charge is 2.19. The van der Waals surface area contributed by atoms with E-state index >= 15 is 0 Å². The molecule has 6 heteroatoms. The number of aromatic nitrogens is 1. The summed E-state index contributed by atoms with van der Waals surface area (Å²) in [6, 6.07) is 8.55. The van der Waals surface area contributed by atoms with Crippen molar-refractivity contribution in [1.82, 2.24) is 4.98 Å². The van der Waals surface area contributed by atoms with Crippen LogP contribution in [0.2, 0.25) is 0 Å². The number of hydrogen-bond donors (Lipinski definition) is 1. The van der Waals surface area contributed by atoms with Crippen LogP contribution in [0.4, 0.5) is 0 Å². The van der Waals surface area contributed by atoms with Gasteiger partial charge in [-0.05, 0) is 41.8 Å². The van der Waals surface area contributed by atoms with E-state index in [1.807, 2.05) is 12.1 Å². The van der Waals surface area contributed by atoms with Gasteiger partial charge in [-0.2, -0.15) is 0 Å². The van der Waals surface area contributed by atoms with E-state index in [1.165, 1.54) is 6.07 Å². The molecule has 3 rings (SSSR count). The fourth-order valence-corrected chi connectivity index (χ4v) is 2.81. The molecular weight excluding hydrogens is 322 g/mol. The van der Waals surface area contributed by atoms with Crippen LogP contribution in [-0.4, -0.2) is 43.3 Å². The van der Waals surface area contributed by atoms with Gasteiger partial charge in [0, 0.05) is 11.8 Å². The Bertz CT molecular complexity index is 800. The van der Waals surface area contributed by atoms with Crippen molar-refractivity contribution in [3.05, 3.63) is 53.2 Å². The first-order valence-corrected chi connectivity index (χ1v) is 7.92. The van der Waals surface area contributed by atoms with Crippen LogP contribution in [0.1, 0.15) is 22.3 Å².